The molecular weight excluding hydrogens is 420 g/mol. The molecule has 2 aromatic rings. The number of aromatic amines is 1. The molecule has 9 heteroatoms. The van der Waals surface area contributed by atoms with Crippen LogP contribution in [0.5, 0.6) is 5.75 Å². The lowest BCUT2D eigenvalue weighted by Gasteiger charge is -2.27. The summed E-state index contributed by atoms with van der Waals surface area (Å²) in [5.74, 6) is 0.330. The van der Waals surface area contributed by atoms with Gasteiger partial charge in [0.25, 0.3) is 11.5 Å². The van der Waals surface area contributed by atoms with Crippen molar-refractivity contribution >= 4 is 35.1 Å². The Morgan fingerprint density at radius 3 is 2.77 bits per heavy atom. The molecule has 0 unspecified atom stereocenters. The molecule has 31 heavy (non-hydrogen) atoms. The summed E-state index contributed by atoms with van der Waals surface area (Å²) in [5.41, 5.74) is 6.01. The number of ether oxygens (including phenoxy) is 1. The molecule has 1 aliphatic rings. The SMILES string of the molecule is CCCCN(C(=O)C1=Cc2cc(Cl)ccc2OC1)c1c(N)n(CC(C)C)c(=O)[nH]c1=O. The Morgan fingerprint density at radius 2 is 2.10 bits per heavy atom. The first kappa shape index (κ1) is 22.7. The van der Waals surface area contributed by atoms with Crippen LogP contribution < -0.4 is 26.6 Å². The molecule has 8 nitrogen and oxygen atoms in total. The number of carbonyl (C=O) groups excluding carboxylic acids is 1. The number of halogens is 1. The monoisotopic (exact) mass is 446 g/mol. The largest absolute Gasteiger partial charge is 0.488 e. The molecule has 0 radical (unpaired) electrons. The second kappa shape index (κ2) is 9.43. The van der Waals surface area contributed by atoms with Gasteiger partial charge in [0.2, 0.25) is 0 Å². The van der Waals surface area contributed by atoms with E-state index in [0.717, 1.165) is 6.42 Å². The number of benzene rings is 1. The molecule has 3 rings (SSSR count). The molecule has 1 aromatic heterocycles. The quantitative estimate of drug-likeness (QED) is 0.679. The summed E-state index contributed by atoms with van der Waals surface area (Å²) in [6, 6.07) is 5.17. The van der Waals surface area contributed by atoms with Gasteiger partial charge < -0.3 is 15.4 Å². The van der Waals surface area contributed by atoms with Gasteiger partial charge in [-0.2, -0.15) is 0 Å². The smallest absolute Gasteiger partial charge is 0.330 e. The Morgan fingerprint density at radius 1 is 1.35 bits per heavy atom. The lowest BCUT2D eigenvalue weighted by Crippen LogP contribution is -2.43. The van der Waals surface area contributed by atoms with Crippen molar-refractivity contribution in [3.05, 3.63) is 55.2 Å². The third kappa shape index (κ3) is 4.85. The van der Waals surface area contributed by atoms with Gasteiger partial charge >= 0.3 is 5.69 Å². The zero-order valence-electron chi connectivity index (χ0n) is 17.9. The van der Waals surface area contributed by atoms with E-state index in [0.29, 0.717) is 34.9 Å². The summed E-state index contributed by atoms with van der Waals surface area (Å²) in [5, 5.41) is 0.525. The summed E-state index contributed by atoms with van der Waals surface area (Å²) in [7, 11) is 0. The van der Waals surface area contributed by atoms with E-state index in [4.69, 9.17) is 22.1 Å². The highest BCUT2D eigenvalue weighted by Crippen LogP contribution is 2.30. The van der Waals surface area contributed by atoms with Crippen LogP contribution in [0.25, 0.3) is 6.08 Å². The molecule has 2 heterocycles. The Hall–Kier alpha value is -3.00. The summed E-state index contributed by atoms with van der Waals surface area (Å²) >= 11 is 6.07. The predicted octanol–water partition coefficient (Wildman–Crippen LogP) is 3.04. The summed E-state index contributed by atoms with van der Waals surface area (Å²) < 4.78 is 7.01. The highest BCUT2D eigenvalue weighted by molar-refractivity contribution is 6.30. The van der Waals surface area contributed by atoms with Crippen molar-refractivity contribution in [3.63, 3.8) is 0 Å². The highest BCUT2D eigenvalue weighted by Gasteiger charge is 2.28. The van der Waals surface area contributed by atoms with Crippen LogP contribution in [0.15, 0.2) is 33.4 Å². The van der Waals surface area contributed by atoms with Crippen molar-refractivity contribution in [1.29, 1.82) is 0 Å². The number of fused-ring (bicyclic) bond motifs is 1. The first-order valence-corrected chi connectivity index (χ1v) is 10.7. The van der Waals surface area contributed by atoms with Crippen molar-refractivity contribution in [2.75, 3.05) is 23.8 Å². The van der Waals surface area contributed by atoms with Crippen molar-refractivity contribution in [2.24, 2.45) is 5.92 Å². The van der Waals surface area contributed by atoms with Crippen LogP contribution in [0.3, 0.4) is 0 Å². The Balaban J connectivity index is 2.08. The molecule has 0 bridgehead atoms. The zero-order chi connectivity index (χ0) is 22.7. The molecule has 0 saturated carbocycles. The van der Waals surface area contributed by atoms with Crippen LogP contribution >= 0.6 is 11.6 Å². The molecule has 0 fully saturated rings. The van der Waals surface area contributed by atoms with Crippen molar-refractivity contribution < 1.29 is 9.53 Å². The Labute approximate surface area is 185 Å². The highest BCUT2D eigenvalue weighted by atomic mass is 35.5. The van der Waals surface area contributed by atoms with Crippen molar-refractivity contribution in [2.45, 2.75) is 40.2 Å². The number of H-pyrrole nitrogens is 1. The third-order valence-corrected chi connectivity index (χ3v) is 5.21. The maximum Gasteiger partial charge on any atom is 0.330 e. The minimum atomic E-state index is -0.687. The molecule has 3 N–H and O–H groups in total. The second-order valence-electron chi connectivity index (χ2n) is 7.95. The van der Waals surface area contributed by atoms with Gasteiger partial charge in [0.15, 0.2) is 5.69 Å². The maximum absolute atomic E-state index is 13.5. The first-order chi connectivity index (χ1) is 14.7. The van der Waals surface area contributed by atoms with Gasteiger partial charge in [0.1, 0.15) is 18.2 Å². The van der Waals surface area contributed by atoms with Gasteiger partial charge in [-0.25, -0.2) is 4.79 Å². The fraction of sp³-hybridized carbons (Fsp3) is 0.409. The number of hydrogen-bond donors (Lipinski definition) is 2. The summed E-state index contributed by atoms with van der Waals surface area (Å²) in [6.45, 7) is 6.51. The molecule has 0 atom stereocenters. The minimum absolute atomic E-state index is 0.0171. The first-order valence-electron chi connectivity index (χ1n) is 10.3. The number of rotatable bonds is 7. The van der Waals surface area contributed by atoms with Crippen LogP contribution in [0.1, 0.15) is 39.2 Å². The van der Waals surface area contributed by atoms with Crippen LogP contribution in [-0.4, -0.2) is 28.6 Å². The van der Waals surface area contributed by atoms with Gasteiger partial charge in [-0.3, -0.25) is 19.1 Å². The Kier molecular flexibility index (Phi) is 6.90. The number of aromatic nitrogens is 2. The van der Waals surface area contributed by atoms with E-state index in [1.165, 1.54) is 9.47 Å². The number of unbranched alkanes of at least 4 members (excludes halogenated alkanes) is 1. The lowest BCUT2D eigenvalue weighted by molar-refractivity contribution is -0.115. The lowest BCUT2D eigenvalue weighted by atomic mass is 10.1. The fourth-order valence-electron chi connectivity index (χ4n) is 3.46. The van der Waals surface area contributed by atoms with Crippen LogP contribution in [0, 0.1) is 5.92 Å². The Bertz CT molecular complexity index is 1130. The van der Waals surface area contributed by atoms with Crippen molar-refractivity contribution in [3.8, 4) is 5.75 Å². The topological polar surface area (TPSA) is 110 Å². The third-order valence-electron chi connectivity index (χ3n) is 4.97. The second-order valence-corrected chi connectivity index (χ2v) is 8.38. The number of nitrogens with one attached hydrogen (secondary N) is 1. The van der Waals surface area contributed by atoms with E-state index in [1.54, 1.807) is 24.3 Å². The number of anilines is 2. The van der Waals surface area contributed by atoms with E-state index < -0.39 is 17.2 Å². The van der Waals surface area contributed by atoms with Gasteiger partial charge in [0.05, 0.1) is 5.57 Å². The van der Waals surface area contributed by atoms with Crippen LogP contribution in [-0.2, 0) is 11.3 Å². The van der Waals surface area contributed by atoms with E-state index in [1.807, 2.05) is 20.8 Å². The standard InChI is InChI=1S/C22H27ClN4O4/c1-4-5-8-26(18-19(24)27(11-13(2)3)22(30)25-20(18)28)21(29)15-9-14-10-16(23)6-7-17(14)31-12-15/h6-7,9-10,13H,4-5,8,11-12,24H2,1-3H3,(H,25,28,30). The average Bonchev–Trinajstić information content (AvgIpc) is 2.72. The van der Waals surface area contributed by atoms with Gasteiger partial charge in [-0.15, -0.1) is 0 Å². The molecule has 1 aromatic carbocycles. The van der Waals surface area contributed by atoms with Crippen molar-refractivity contribution in [1.82, 2.24) is 9.55 Å². The number of nitrogen functional groups attached to an aromatic ring is 1. The molecule has 0 aliphatic carbocycles. The predicted molar refractivity (Wildman–Crippen MR) is 123 cm³/mol. The molecule has 1 amide bonds. The molecule has 166 valence electrons. The van der Waals surface area contributed by atoms with Crippen LogP contribution in [0.2, 0.25) is 5.02 Å². The average molecular weight is 447 g/mol. The molecule has 1 aliphatic heterocycles. The van der Waals surface area contributed by atoms with E-state index in [9.17, 15) is 14.4 Å². The minimum Gasteiger partial charge on any atom is -0.488 e. The van der Waals surface area contributed by atoms with Crippen LogP contribution in [0.4, 0.5) is 11.5 Å². The number of hydrogen-bond acceptors (Lipinski definition) is 5. The number of nitrogens with zero attached hydrogens (tertiary/aromatic N) is 2. The number of carbonyl (C=O) groups is 1. The van der Waals surface area contributed by atoms with Gasteiger partial charge in [-0.1, -0.05) is 38.8 Å². The van der Waals surface area contributed by atoms with E-state index in [2.05, 4.69) is 4.98 Å². The normalized spacial score (nSPS) is 12.9. The van der Waals surface area contributed by atoms with Gasteiger partial charge in [-0.05, 0) is 36.6 Å². The fourth-order valence-corrected chi connectivity index (χ4v) is 3.64. The van der Waals surface area contributed by atoms with E-state index >= 15 is 0 Å². The zero-order valence-corrected chi connectivity index (χ0v) is 18.7. The molecular formula is C22H27ClN4O4. The van der Waals surface area contributed by atoms with Gasteiger partial charge in [0, 0.05) is 23.7 Å². The molecule has 0 saturated heterocycles. The summed E-state index contributed by atoms with van der Waals surface area (Å²) in [4.78, 5) is 42.1. The van der Waals surface area contributed by atoms with E-state index in [-0.39, 0.29) is 30.6 Å². The summed E-state index contributed by atoms with van der Waals surface area (Å²) in [6.07, 6.45) is 3.17. The number of nitrogens with two attached hydrogens (primary N) is 1. The number of amides is 1. The maximum atomic E-state index is 13.5. The molecule has 0 spiro atoms.